The molecule has 0 saturated heterocycles. The van der Waals surface area contributed by atoms with Crippen molar-refractivity contribution in [1.82, 2.24) is 19.7 Å². The predicted molar refractivity (Wildman–Crippen MR) is 150 cm³/mol. The maximum absolute atomic E-state index is 13.2. The van der Waals surface area contributed by atoms with E-state index < -0.39 is 0 Å². The van der Waals surface area contributed by atoms with E-state index in [9.17, 15) is 4.79 Å². The smallest absolute Gasteiger partial charge is 0.268 e. The molecule has 1 aliphatic heterocycles. The number of carbonyl (C=O) groups is 1. The fourth-order valence-electron chi connectivity index (χ4n) is 5.60. The van der Waals surface area contributed by atoms with E-state index in [1.807, 2.05) is 50.7 Å². The number of carbonyl (C=O) groups excluding carboxylic acids is 1. The first-order valence-electron chi connectivity index (χ1n) is 12.6. The van der Waals surface area contributed by atoms with E-state index in [1.165, 1.54) is 0 Å². The maximum Gasteiger partial charge on any atom is 0.268 e. The Kier molecular flexibility index (Phi) is 6.75. The van der Waals surface area contributed by atoms with Gasteiger partial charge in [-0.05, 0) is 82.3 Å². The number of aryl methyl sites for hydroxylation is 5. The molecule has 1 amide bonds. The summed E-state index contributed by atoms with van der Waals surface area (Å²) in [4.78, 5) is 13.2. The highest BCUT2D eigenvalue weighted by Crippen LogP contribution is 2.43. The molecule has 0 bridgehead atoms. The van der Waals surface area contributed by atoms with E-state index in [4.69, 9.17) is 27.9 Å². The molecule has 0 fully saturated rings. The van der Waals surface area contributed by atoms with E-state index in [0.29, 0.717) is 24.6 Å². The summed E-state index contributed by atoms with van der Waals surface area (Å²) >= 11 is 13.2. The zero-order chi connectivity index (χ0) is 26.6. The summed E-state index contributed by atoms with van der Waals surface area (Å²) in [6, 6.07) is 8.02. The molecule has 194 valence electrons. The number of nitrogens with one attached hydrogen (secondary N) is 1. The molecule has 6 nitrogen and oxygen atoms in total. The van der Waals surface area contributed by atoms with Crippen molar-refractivity contribution >= 4 is 40.0 Å². The Balaban J connectivity index is 1.57. The van der Waals surface area contributed by atoms with Crippen molar-refractivity contribution in [1.29, 1.82) is 0 Å². The number of rotatable bonds is 6. The third-order valence-electron chi connectivity index (χ3n) is 7.44. The number of aromatic nitrogens is 3. The summed E-state index contributed by atoms with van der Waals surface area (Å²) < 4.78 is 10.1. The van der Waals surface area contributed by atoms with Gasteiger partial charge in [0.05, 0.1) is 22.8 Å². The zero-order valence-electron chi connectivity index (χ0n) is 22.1. The lowest BCUT2D eigenvalue weighted by Crippen LogP contribution is -2.38. The third-order valence-corrected chi connectivity index (χ3v) is 8.35. The zero-order valence-corrected chi connectivity index (χ0v) is 23.6. The van der Waals surface area contributed by atoms with Crippen LogP contribution in [0, 0.1) is 27.7 Å². The van der Waals surface area contributed by atoms with Gasteiger partial charge >= 0.3 is 0 Å². The van der Waals surface area contributed by atoms with Gasteiger partial charge in [0.25, 0.3) is 5.91 Å². The Labute approximate surface area is 227 Å². The predicted octanol–water partition coefficient (Wildman–Crippen LogP) is 6.90. The molecular formula is C29H32Cl2N4O2. The Hall–Kier alpha value is -2.96. The number of benzene rings is 2. The van der Waals surface area contributed by atoms with E-state index in [-0.39, 0.29) is 11.9 Å². The van der Waals surface area contributed by atoms with Gasteiger partial charge in [-0.1, -0.05) is 29.3 Å². The first-order valence-corrected chi connectivity index (χ1v) is 13.4. The van der Waals surface area contributed by atoms with Crippen LogP contribution in [0.1, 0.15) is 58.0 Å². The second-order valence-corrected chi connectivity index (χ2v) is 10.9. The highest BCUT2D eigenvalue weighted by atomic mass is 35.5. The molecule has 1 unspecified atom stereocenters. The summed E-state index contributed by atoms with van der Waals surface area (Å²) in [7, 11) is 1.94. The van der Waals surface area contributed by atoms with Gasteiger partial charge in [-0.2, -0.15) is 5.10 Å². The van der Waals surface area contributed by atoms with Crippen molar-refractivity contribution in [2.45, 2.75) is 53.5 Å². The minimum absolute atomic E-state index is 0.0455. The minimum atomic E-state index is -0.0455. The average molecular weight is 540 g/mol. The van der Waals surface area contributed by atoms with E-state index in [2.05, 4.69) is 34.9 Å². The Bertz CT molecular complexity index is 1530. The summed E-state index contributed by atoms with van der Waals surface area (Å²) in [5.74, 6) is 0.766. The topological polar surface area (TPSA) is 61.1 Å². The quantitative estimate of drug-likeness (QED) is 0.271. The highest BCUT2D eigenvalue weighted by molar-refractivity contribution is 6.35. The number of halogens is 2. The lowest BCUT2D eigenvalue weighted by Gasteiger charge is -2.25. The fraction of sp³-hybridized carbons (Fsp3) is 0.379. The lowest BCUT2D eigenvalue weighted by atomic mass is 9.98. The van der Waals surface area contributed by atoms with E-state index in [1.54, 1.807) is 0 Å². The number of hydrogen-bond acceptors (Lipinski definition) is 3. The van der Waals surface area contributed by atoms with Crippen molar-refractivity contribution in [3.8, 4) is 16.9 Å². The summed E-state index contributed by atoms with van der Waals surface area (Å²) in [6.45, 7) is 11.3. The summed E-state index contributed by atoms with van der Waals surface area (Å²) in [6.07, 6.45) is 1.47. The average Bonchev–Trinajstić information content (AvgIpc) is 3.31. The molecule has 5 rings (SSSR count). The standard InChI is InChI=1S/C29H32Cl2N4O2/c1-15-12-20(13-16(2)26(15)31)37-11-7-8-21-22-9-10-23(30)25(24-18(4)33-34(6)19(24)5)27(22)35-17(3)14-32-29(36)28(21)35/h9-10,12-13,17H,7-8,11,14H2,1-6H3,(H,32,36). The van der Waals surface area contributed by atoms with Crippen LogP contribution in [0.4, 0.5) is 0 Å². The van der Waals surface area contributed by atoms with Crippen molar-refractivity contribution in [2.24, 2.45) is 7.05 Å². The Morgan fingerprint density at radius 3 is 2.46 bits per heavy atom. The van der Waals surface area contributed by atoms with Gasteiger partial charge in [0, 0.05) is 46.9 Å². The van der Waals surface area contributed by atoms with Gasteiger partial charge in [0.1, 0.15) is 11.4 Å². The minimum Gasteiger partial charge on any atom is -0.494 e. The van der Waals surface area contributed by atoms with Crippen LogP contribution in [-0.2, 0) is 13.5 Å². The van der Waals surface area contributed by atoms with Gasteiger partial charge in [-0.25, -0.2) is 0 Å². The summed E-state index contributed by atoms with van der Waals surface area (Å²) in [5, 5.41) is 10.2. The fourth-order valence-corrected chi connectivity index (χ4v) is 5.96. The van der Waals surface area contributed by atoms with Crippen LogP contribution in [0.15, 0.2) is 24.3 Å². The van der Waals surface area contributed by atoms with Crippen LogP contribution < -0.4 is 10.1 Å². The normalized spacial score (nSPS) is 15.2. The number of ether oxygens (including phenoxy) is 1. The van der Waals surface area contributed by atoms with E-state index >= 15 is 0 Å². The lowest BCUT2D eigenvalue weighted by molar-refractivity contribution is 0.0918. The molecule has 0 spiro atoms. The monoisotopic (exact) mass is 538 g/mol. The molecule has 2 aromatic carbocycles. The molecule has 4 aromatic rings. The van der Waals surface area contributed by atoms with Gasteiger partial charge in [0.2, 0.25) is 0 Å². The van der Waals surface area contributed by atoms with Gasteiger partial charge in [-0.15, -0.1) is 0 Å². The van der Waals surface area contributed by atoms with Crippen LogP contribution in [0.5, 0.6) is 5.75 Å². The number of amides is 1. The van der Waals surface area contributed by atoms with Crippen molar-refractivity contribution in [3.63, 3.8) is 0 Å². The second-order valence-electron chi connectivity index (χ2n) is 10.1. The molecule has 37 heavy (non-hydrogen) atoms. The molecule has 1 aliphatic rings. The molecule has 0 aliphatic carbocycles. The second kappa shape index (κ2) is 9.73. The molecule has 1 atom stereocenters. The van der Waals surface area contributed by atoms with Gasteiger partial charge in [0.15, 0.2) is 0 Å². The summed E-state index contributed by atoms with van der Waals surface area (Å²) in [5.41, 5.74) is 8.68. The molecule has 0 radical (unpaired) electrons. The molecule has 0 saturated carbocycles. The SMILES string of the molecule is Cc1cc(OCCCc2c3n(c4c(-c5c(C)nn(C)c5C)c(Cl)ccc24)C(C)CNC3=O)cc(C)c1Cl. The molecule has 3 heterocycles. The first-order chi connectivity index (χ1) is 17.6. The molecule has 1 N–H and O–H groups in total. The number of nitrogens with zero attached hydrogens (tertiary/aromatic N) is 3. The van der Waals surface area contributed by atoms with Crippen LogP contribution in [0.2, 0.25) is 10.0 Å². The maximum atomic E-state index is 13.2. The first kappa shape index (κ1) is 25.7. The number of fused-ring (bicyclic) bond motifs is 3. The van der Waals surface area contributed by atoms with Crippen molar-refractivity contribution < 1.29 is 9.53 Å². The molecular weight excluding hydrogens is 507 g/mol. The van der Waals surface area contributed by atoms with Crippen LogP contribution in [0.25, 0.3) is 22.0 Å². The molecule has 2 aromatic heterocycles. The highest BCUT2D eigenvalue weighted by Gasteiger charge is 2.32. The van der Waals surface area contributed by atoms with Crippen LogP contribution in [-0.4, -0.2) is 33.4 Å². The van der Waals surface area contributed by atoms with Gasteiger partial charge < -0.3 is 14.6 Å². The van der Waals surface area contributed by atoms with Crippen LogP contribution >= 0.6 is 23.2 Å². The third kappa shape index (κ3) is 4.30. The number of hydrogen-bond donors (Lipinski definition) is 1. The van der Waals surface area contributed by atoms with Crippen molar-refractivity contribution in [2.75, 3.05) is 13.2 Å². The largest absolute Gasteiger partial charge is 0.494 e. The van der Waals surface area contributed by atoms with E-state index in [0.717, 1.165) is 73.0 Å². The van der Waals surface area contributed by atoms with Crippen molar-refractivity contribution in [3.05, 3.63) is 68.1 Å². The molecule has 8 heteroatoms. The van der Waals surface area contributed by atoms with Gasteiger partial charge in [-0.3, -0.25) is 9.48 Å². The van der Waals surface area contributed by atoms with Crippen LogP contribution in [0.3, 0.4) is 0 Å². The Morgan fingerprint density at radius 2 is 1.81 bits per heavy atom. The Morgan fingerprint density at radius 1 is 1.11 bits per heavy atom.